The molecule has 0 bridgehead atoms. The number of hydrogen-bond acceptors (Lipinski definition) is 4. The van der Waals surface area contributed by atoms with Gasteiger partial charge in [0.15, 0.2) is 0 Å². The minimum atomic E-state index is -0.626. The van der Waals surface area contributed by atoms with Gasteiger partial charge in [0, 0.05) is 6.61 Å². The summed E-state index contributed by atoms with van der Waals surface area (Å²) >= 11 is 0. The van der Waals surface area contributed by atoms with E-state index in [2.05, 4.69) is 13.8 Å². The van der Waals surface area contributed by atoms with Crippen LogP contribution in [-0.4, -0.2) is 31.0 Å². The smallest absolute Gasteiger partial charge is 0.142 e. The van der Waals surface area contributed by atoms with Crippen molar-refractivity contribution >= 4 is 5.69 Å². The molecule has 0 saturated heterocycles. The quantitative estimate of drug-likeness (QED) is 0.533. The van der Waals surface area contributed by atoms with Crippen molar-refractivity contribution in [2.24, 2.45) is 5.92 Å². The van der Waals surface area contributed by atoms with Crippen molar-refractivity contribution in [3.63, 3.8) is 0 Å². The molecule has 0 spiro atoms. The minimum Gasteiger partial charge on any atom is -0.489 e. The van der Waals surface area contributed by atoms with Gasteiger partial charge in [0.25, 0.3) is 0 Å². The summed E-state index contributed by atoms with van der Waals surface area (Å²) in [6.45, 7) is 5.55. The summed E-state index contributed by atoms with van der Waals surface area (Å²) in [4.78, 5) is 0. The summed E-state index contributed by atoms with van der Waals surface area (Å²) < 4.78 is 10.8. The lowest BCUT2D eigenvalue weighted by Crippen LogP contribution is -2.24. The zero-order chi connectivity index (χ0) is 14.1. The van der Waals surface area contributed by atoms with Gasteiger partial charge in [-0.25, -0.2) is 0 Å². The Kier molecular flexibility index (Phi) is 7.30. The number of anilines is 1. The Hall–Kier alpha value is -1.26. The largest absolute Gasteiger partial charge is 0.489 e. The summed E-state index contributed by atoms with van der Waals surface area (Å²) in [6, 6.07) is 7.24. The van der Waals surface area contributed by atoms with Gasteiger partial charge in [-0.15, -0.1) is 0 Å². The fourth-order valence-electron chi connectivity index (χ4n) is 1.66. The van der Waals surface area contributed by atoms with Gasteiger partial charge in [-0.2, -0.15) is 0 Å². The van der Waals surface area contributed by atoms with Gasteiger partial charge in [0.2, 0.25) is 0 Å². The number of nitrogen functional groups attached to an aromatic ring is 1. The first kappa shape index (κ1) is 15.8. The third-order valence-electron chi connectivity index (χ3n) is 2.73. The molecule has 0 aliphatic rings. The van der Waals surface area contributed by atoms with Crippen LogP contribution in [0.1, 0.15) is 26.7 Å². The summed E-state index contributed by atoms with van der Waals surface area (Å²) in [5, 5.41) is 9.72. The van der Waals surface area contributed by atoms with E-state index < -0.39 is 6.10 Å². The van der Waals surface area contributed by atoms with Crippen molar-refractivity contribution in [1.82, 2.24) is 0 Å². The summed E-state index contributed by atoms with van der Waals surface area (Å²) in [5.41, 5.74) is 6.31. The van der Waals surface area contributed by atoms with Gasteiger partial charge in [-0.05, 0) is 30.9 Å². The molecule has 1 rings (SSSR count). The highest BCUT2D eigenvalue weighted by atomic mass is 16.5. The number of para-hydroxylation sites is 2. The highest BCUT2D eigenvalue weighted by molar-refractivity contribution is 5.51. The number of rotatable bonds is 9. The van der Waals surface area contributed by atoms with Crippen LogP contribution in [0.5, 0.6) is 5.75 Å². The first-order valence-corrected chi connectivity index (χ1v) is 6.82. The van der Waals surface area contributed by atoms with E-state index in [1.165, 1.54) is 0 Å². The lowest BCUT2D eigenvalue weighted by molar-refractivity contribution is 0.0106. The molecule has 3 N–H and O–H groups in total. The molecule has 0 fully saturated rings. The van der Waals surface area contributed by atoms with Crippen LogP contribution in [0.2, 0.25) is 0 Å². The third kappa shape index (κ3) is 7.03. The van der Waals surface area contributed by atoms with Gasteiger partial charge in [-0.1, -0.05) is 26.0 Å². The predicted molar refractivity (Wildman–Crippen MR) is 77.2 cm³/mol. The topological polar surface area (TPSA) is 64.7 Å². The fraction of sp³-hybridized carbons (Fsp3) is 0.600. The van der Waals surface area contributed by atoms with Crippen LogP contribution < -0.4 is 10.5 Å². The molecule has 0 saturated carbocycles. The van der Waals surface area contributed by atoms with Crippen LogP contribution in [-0.2, 0) is 4.74 Å². The van der Waals surface area contributed by atoms with Crippen molar-refractivity contribution in [1.29, 1.82) is 0 Å². The first-order valence-electron chi connectivity index (χ1n) is 6.82. The summed E-state index contributed by atoms with van der Waals surface area (Å²) in [7, 11) is 0. The molecule has 0 radical (unpaired) electrons. The Labute approximate surface area is 115 Å². The molecule has 1 aromatic carbocycles. The molecule has 1 atom stereocenters. The summed E-state index contributed by atoms with van der Waals surface area (Å²) in [6.07, 6.45) is 1.54. The minimum absolute atomic E-state index is 0.193. The molecule has 19 heavy (non-hydrogen) atoms. The Morgan fingerprint density at radius 3 is 2.63 bits per heavy atom. The van der Waals surface area contributed by atoms with E-state index in [-0.39, 0.29) is 6.61 Å². The van der Waals surface area contributed by atoms with E-state index in [0.717, 1.165) is 12.8 Å². The zero-order valence-corrected chi connectivity index (χ0v) is 11.8. The van der Waals surface area contributed by atoms with Crippen molar-refractivity contribution < 1.29 is 14.6 Å². The number of aliphatic hydroxyl groups excluding tert-OH is 1. The van der Waals surface area contributed by atoms with Gasteiger partial charge < -0.3 is 20.3 Å². The molecular formula is C15H25NO3. The zero-order valence-electron chi connectivity index (χ0n) is 11.8. The molecule has 0 aliphatic carbocycles. The monoisotopic (exact) mass is 267 g/mol. The third-order valence-corrected chi connectivity index (χ3v) is 2.73. The second-order valence-electron chi connectivity index (χ2n) is 5.11. The van der Waals surface area contributed by atoms with Gasteiger partial charge in [0.05, 0.1) is 12.3 Å². The Morgan fingerprint density at radius 1 is 1.21 bits per heavy atom. The Morgan fingerprint density at radius 2 is 1.95 bits per heavy atom. The highest BCUT2D eigenvalue weighted by Crippen LogP contribution is 2.19. The van der Waals surface area contributed by atoms with Crippen molar-refractivity contribution in [2.45, 2.75) is 32.8 Å². The molecule has 0 aliphatic heterocycles. The Bertz CT molecular complexity index is 355. The van der Waals surface area contributed by atoms with Crippen molar-refractivity contribution in [3.05, 3.63) is 24.3 Å². The lowest BCUT2D eigenvalue weighted by Gasteiger charge is -2.14. The van der Waals surface area contributed by atoms with Crippen LogP contribution in [0, 0.1) is 5.92 Å². The molecule has 1 unspecified atom stereocenters. The maximum atomic E-state index is 9.72. The van der Waals surface area contributed by atoms with E-state index in [1.807, 2.05) is 12.1 Å². The number of nitrogens with two attached hydrogens (primary N) is 1. The van der Waals surface area contributed by atoms with E-state index in [1.54, 1.807) is 12.1 Å². The van der Waals surface area contributed by atoms with Gasteiger partial charge >= 0.3 is 0 Å². The van der Waals surface area contributed by atoms with E-state index in [0.29, 0.717) is 30.6 Å². The standard InChI is InChI=1S/C15H25NO3/c1-12(2)6-5-9-18-10-13(17)11-19-15-8-4-3-7-14(15)16/h3-4,7-8,12-13,17H,5-6,9-11,16H2,1-2H3. The first-order chi connectivity index (χ1) is 9.09. The molecule has 0 aromatic heterocycles. The fourth-order valence-corrected chi connectivity index (χ4v) is 1.66. The average molecular weight is 267 g/mol. The second-order valence-corrected chi connectivity index (χ2v) is 5.11. The molecular weight excluding hydrogens is 242 g/mol. The maximum Gasteiger partial charge on any atom is 0.142 e. The van der Waals surface area contributed by atoms with Crippen LogP contribution in [0.4, 0.5) is 5.69 Å². The molecule has 4 nitrogen and oxygen atoms in total. The van der Waals surface area contributed by atoms with E-state index >= 15 is 0 Å². The molecule has 1 aromatic rings. The van der Waals surface area contributed by atoms with Gasteiger partial charge in [-0.3, -0.25) is 0 Å². The second kappa shape index (κ2) is 8.77. The van der Waals surface area contributed by atoms with E-state index in [9.17, 15) is 5.11 Å². The highest BCUT2D eigenvalue weighted by Gasteiger charge is 2.07. The predicted octanol–water partition coefficient (Wildman–Crippen LogP) is 2.46. The molecule has 108 valence electrons. The SMILES string of the molecule is CC(C)CCCOCC(O)COc1ccccc1N. The lowest BCUT2D eigenvalue weighted by atomic mass is 10.1. The molecule has 0 heterocycles. The average Bonchev–Trinajstić information content (AvgIpc) is 2.37. The number of aliphatic hydroxyl groups is 1. The Balaban J connectivity index is 2.11. The molecule has 0 amide bonds. The van der Waals surface area contributed by atoms with Crippen LogP contribution >= 0.6 is 0 Å². The maximum absolute atomic E-state index is 9.72. The van der Waals surface area contributed by atoms with Crippen molar-refractivity contribution in [2.75, 3.05) is 25.6 Å². The van der Waals surface area contributed by atoms with E-state index in [4.69, 9.17) is 15.2 Å². The summed E-state index contributed by atoms with van der Waals surface area (Å²) in [5.74, 6) is 1.29. The normalized spacial score (nSPS) is 12.6. The van der Waals surface area contributed by atoms with Crippen LogP contribution in [0.25, 0.3) is 0 Å². The van der Waals surface area contributed by atoms with Crippen molar-refractivity contribution in [3.8, 4) is 5.75 Å². The van der Waals surface area contributed by atoms with Crippen LogP contribution in [0.15, 0.2) is 24.3 Å². The molecule has 4 heteroatoms. The number of benzene rings is 1. The van der Waals surface area contributed by atoms with Crippen LogP contribution in [0.3, 0.4) is 0 Å². The number of ether oxygens (including phenoxy) is 2. The number of hydrogen-bond donors (Lipinski definition) is 2. The van der Waals surface area contributed by atoms with Gasteiger partial charge in [0.1, 0.15) is 18.5 Å².